The van der Waals surface area contributed by atoms with Gasteiger partial charge < -0.3 is 0 Å². The lowest BCUT2D eigenvalue weighted by molar-refractivity contribution is 0.355. The summed E-state index contributed by atoms with van der Waals surface area (Å²) in [6.45, 7) is 8.19. The van der Waals surface area contributed by atoms with Crippen molar-refractivity contribution in [2.45, 2.75) is 33.7 Å². The quantitative estimate of drug-likeness (QED) is 0.597. The number of hydrogen-bond donors (Lipinski definition) is 0. The largest absolute Gasteiger partial charge is 0.298 e. The van der Waals surface area contributed by atoms with Gasteiger partial charge in [0.05, 0.1) is 0 Å². The van der Waals surface area contributed by atoms with Crippen LogP contribution in [0.3, 0.4) is 0 Å². The number of hydrogen-bond acceptors (Lipinski definition) is 1. The zero-order valence-electron chi connectivity index (χ0n) is 13.6. The fourth-order valence-electron chi connectivity index (χ4n) is 2.30. The van der Waals surface area contributed by atoms with Crippen molar-refractivity contribution in [1.82, 2.24) is 4.90 Å². The molecule has 0 atom stereocenters. The van der Waals surface area contributed by atoms with E-state index in [0.717, 1.165) is 24.5 Å². The topological polar surface area (TPSA) is 3.24 Å². The van der Waals surface area contributed by atoms with E-state index >= 15 is 0 Å². The van der Waals surface area contributed by atoms with Gasteiger partial charge >= 0.3 is 0 Å². The zero-order chi connectivity index (χ0) is 15.7. The van der Waals surface area contributed by atoms with E-state index in [1.54, 1.807) is 0 Å². The highest BCUT2D eigenvalue weighted by Gasteiger charge is 2.01. The molecule has 1 aromatic rings. The molecule has 0 saturated carbocycles. The molecule has 0 aliphatic carbocycles. The summed E-state index contributed by atoms with van der Waals surface area (Å²) < 4.78 is 0. The summed E-state index contributed by atoms with van der Waals surface area (Å²) >= 11 is 6.28. The Morgan fingerprint density at radius 2 is 1.81 bits per heavy atom. The van der Waals surface area contributed by atoms with Crippen LogP contribution in [0.2, 0.25) is 0 Å². The monoisotopic (exact) mass is 303 g/mol. The van der Waals surface area contributed by atoms with E-state index < -0.39 is 0 Å². The van der Waals surface area contributed by atoms with E-state index in [2.05, 4.69) is 69.1 Å². The van der Waals surface area contributed by atoms with Crippen molar-refractivity contribution in [3.05, 3.63) is 70.3 Å². The Hall–Kier alpha value is -1.31. The van der Waals surface area contributed by atoms with E-state index in [1.165, 1.54) is 16.7 Å². The molecule has 114 valence electrons. The Balaban J connectivity index is 2.57. The standard InChI is InChI=1S/C19H26ClN/c1-5-9-16(2)12-19(20)13-17(3)14-21(4)15-18-10-7-6-8-11-18/h6-13H,5,14-15H2,1-4H3/b16-9+,17-13+,19-12+. The predicted octanol–water partition coefficient (Wildman–Crippen LogP) is 5.54. The lowest BCUT2D eigenvalue weighted by atomic mass is 10.2. The van der Waals surface area contributed by atoms with Crippen LogP contribution in [-0.2, 0) is 6.54 Å². The van der Waals surface area contributed by atoms with Crippen LogP contribution in [0.25, 0.3) is 0 Å². The highest BCUT2D eigenvalue weighted by atomic mass is 35.5. The lowest BCUT2D eigenvalue weighted by Gasteiger charge is -2.17. The van der Waals surface area contributed by atoms with Gasteiger partial charge in [0.1, 0.15) is 0 Å². The number of nitrogens with zero attached hydrogens (tertiary/aromatic N) is 1. The van der Waals surface area contributed by atoms with Crippen LogP contribution in [0.1, 0.15) is 32.8 Å². The minimum Gasteiger partial charge on any atom is -0.298 e. The molecule has 0 saturated heterocycles. The van der Waals surface area contributed by atoms with Gasteiger partial charge in [-0.05, 0) is 45.0 Å². The number of likely N-dealkylation sites (N-methyl/N-ethyl adjacent to an activating group) is 1. The van der Waals surface area contributed by atoms with Gasteiger partial charge in [-0.1, -0.05) is 66.1 Å². The molecule has 0 aliphatic rings. The summed E-state index contributed by atoms with van der Waals surface area (Å²) in [5.74, 6) is 0. The molecule has 0 amide bonds. The van der Waals surface area contributed by atoms with Gasteiger partial charge in [-0.15, -0.1) is 0 Å². The van der Waals surface area contributed by atoms with Crippen molar-refractivity contribution < 1.29 is 0 Å². The third-order valence-electron chi connectivity index (χ3n) is 3.09. The van der Waals surface area contributed by atoms with Crippen LogP contribution < -0.4 is 0 Å². The molecule has 0 heterocycles. The normalized spacial score (nSPS) is 13.9. The minimum atomic E-state index is 0.794. The molecule has 0 fully saturated rings. The molecular formula is C19H26ClN. The Labute approximate surface area is 134 Å². The van der Waals surface area contributed by atoms with Crippen LogP contribution in [0.15, 0.2) is 64.7 Å². The minimum absolute atomic E-state index is 0.794. The first kappa shape index (κ1) is 17.7. The second kappa shape index (κ2) is 9.59. The highest BCUT2D eigenvalue weighted by Crippen LogP contribution is 2.13. The van der Waals surface area contributed by atoms with Crippen LogP contribution in [-0.4, -0.2) is 18.5 Å². The second-order valence-corrected chi connectivity index (χ2v) is 5.97. The summed E-state index contributed by atoms with van der Waals surface area (Å²) in [6.07, 6.45) is 7.28. The van der Waals surface area contributed by atoms with Gasteiger partial charge in [-0.25, -0.2) is 0 Å². The third-order valence-corrected chi connectivity index (χ3v) is 3.31. The molecule has 2 heteroatoms. The van der Waals surface area contributed by atoms with Crippen molar-refractivity contribution >= 4 is 11.6 Å². The molecule has 0 radical (unpaired) electrons. The molecule has 21 heavy (non-hydrogen) atoms. The van der Waals surface area contributed by atoms with Crippen LogP contribution in [0.4, 0.5) is 0 Å². The molecule has 0 spiro atoms. The molecule has 1 rings (SSSR count). The molecule has 0 unspecified atom stereocenters. The maximum atomic E-state index is 6.28. The Kier molecular flexibility index (Phi) is 8.11. The van der Waals surface area contributed by atoms with Gasteiger partial charge in [0, 0.05) is 18.1 Å². The number of allylic oxidation sites excluding steroid dienone is 5. The Morgan fingerprint density at radius 1 is 1.14 bits per heavy atom. The summed E-state index contributed by atoms with van der Waals surface area (Å²) in [5.41, 5.74) is 3.80. The lowest BCUT2D eigenvalue weighted by Crippen LogP contribution is -2.19. The van der Waals surface area contributed by atoms with E-state index in [9.17, 15) is 0 Å². The molecular weight excluding hydrogens is 278 g/mol. The number of halogens is 1. The predicted molar refractivity (Wildman–Crippen MR) is 94.5 cm³/mol. The van der Waals surface area contributed by atoms with Crippen molar-refractivity contribution in [1.29, 1.82) is 0 Å². The highest BCUT2D eigenvalue weighted by molar-refractivity contribution is 6.31. The molecule has 0 aromatic heterocycles. The van der Waals surface area contributed by atoms with Crippen molar-refractivity contribution in [2.75, 3.05) is 13.6 Å². The van der Waals surface area contributed by atoms with E-state index in [0.29, 0.717) is 0 Å². The van der Waals surface area contributed by atoms with Gasteiger partial charge in [0.15, 0.2) is 0 Å². The summed E-state index contributed by atoms with van der Waals surface area (Å²) in [4.78, 5) is 2.29. The molecule has 0 aliphatic heterocycles. The first-order chi connectivity index (χ1) is 10.0. The van der Waals surface area contributed by atoms with Crippen molar-refractivity contribution in [3.63, 3.8) is 0 Å². The van der Waals surface area contributed by atoms with Gasteiger partial charge in [0.25, 0.3) is 0 Å². The summed E-state index contributed by atoms with van der Waals surface area (Å²) in [7, 11) is 2.13. The van der Waals surface area contributed by atoms with Crippen molar-refractivity contribution in [2.24, 2.45) is 0 Å². The van der Waals surface area contributed by atoms with Crippen LogP contribution in [0, 0.1) is 0 Å². The zero-order valence-corrected chi connectivity index (χ0v) is 14.3. The average Bonchev–Trinajstić information content (AvgIpc) is 2.39. The SMILES string of the molecule is CC/C=C(C)/C=C(Cl)\C=C(/C)CN(C)Cc1ccccc1. The summed E-state index contributed by atoms with van der Waals surface area (Å²) in [5, 5.41) is 0.794. The maximum Gasteiger partial charge on any atom is 0.0408 e. The number of rotatable bonds is 7. The summed E-state index contributed by atoms with van der Waals surface area (Å²) in [6, 6.07) is 10.5. The van der Waals surface area contributed by atoms with E-state index in [-0.39, 0.29) is 0 Å². The van der Waals surface area contributed by atoms with Gasteiger partial charge in [0.2, 0.25) is 0 Å². The molecule has 1 aromatic carbocycles. The maximum absolute atomic E-state index is 6.28. The van der Waals surface area contributed by atoms with E-state index in [1.807, 2.05) is 12.1 Å². The molecule has 0 bridgehead atoms. The van der Waals surface area contributed by atoms with Crippen LogP contribution >= 0.6 is 11.6 Å². The van der Waals surface area contributed by atoms with E-state index in [4.69, 9.17) is 11.6 Å². The van der Waals surface area contributed by atoms with Gasteiger partial charge in [-0.3, -0.25) is 4.90 Å². The first-order valence-electron chi connectivity index (χ1n) is 7.45. The number of benzene rings is 1. The molecule has 1 nitrogen and oxygen atoms in total. The fourth-order valence-corrected chi connectivity index (χ4v) is 2.66. The fraction of sp³-hybridized carbons (Fsp3) is 0.368. The molecule has 0 N–H and O–H groups in total. The average molecular weight is 304 g/mol. The second-order valence-electron chi connectivity index (χ2n) is 5.53. The third kappa shape index (κ3) is 7.89. The smallest absolute Gasteiger partial charge is 0.0408 e. The Morgan fingerprint density at radius 3 is 2.43 bits per heavy atom. The van der Waals surface area contributed by atoms with Crippen LogP contribution in [0.5, 0.6) is 0 Å². The Bertz CT molecular complexity index is 512. The first-order valence-corrected chi connectivity index (χ1v) is 7.82. The van der Waals surface area contributed by atoms with Crippen molar-refractivity contribution in [3.8, 4) is 0 Å². The van der Waals surface area contributed by atoms with Gasteiger partial charge in [-0.2, -0.15) is 0 Å².